The summed E-state index contributed by atoms with van der Waals surface area (Å²) in [6.45, 7) is 6.06. The second kappa shape index (κ2) is 6.75. The van der Waals surface area contributed by atoms with Gasteiger partial charge in [-0.15, -0.1) is 0 Å². The zero-order chi connectivity index (χ0) is 15.5. The highest BCUT2D eigenvalue weighted by molar-refractivity contribution is 5.87. The standard InChI is InChI=1S/C15H28N4O2/c1-4-15(6-5-7-16-15)14(21)19-10-8-18(9-11-19)13(20)12-17(2)3/h16H,4-12H2,1-3H3. The quantitative estimate of drug-likeness (QED) is 0.777. The fourth-order valence-electron chi connectivity index (χ4n) is 3.27. The molecule has 0 radical (unpaired) electrons. The van der Waals surface area contributed by atoms with Crippen LogP contribution in [0.1, 0.15) is 26.2 Å². The van der Waals surface area contributed by atoms with Crippen molar-refractivity contribution in [3.8, 4) is 0 Å². The monoisotopic (exact) mass is 296 g/mol. The van der Waals surface area contributed by atoms with E-state index in [4.69, 9.17) is 0 Å². The largest absolute Gasteiger partial charge is 0.338 e. The van der Waals surface area contributed by atoms with E-state index in [0.717, 1.165) is 25.8 Å². The number of nitrogens with one attached hydrogen (secondary N) is 1. The Morgan fingerprint density at radius 1 is 1.14 bits per heavy atom. The Bertz CT molecular complexity index is 383. The van der Waals surface area contributed by atoms with Crippen molar-refractivity contribution in [3.05, 3.63) is 0 Å². The molecule has 1 unspecified atom stereocenters. The summed E-state index contributed by atoms with van der Waals surface area (Å²) in [6.07, 6.45) is 2.84. The summed E-state index contributed by atoms with van der Waals surface area (Å²) in [5, 5.41) is 3.40. The molecule has 1 N–H and O–H groups in total. The maximum Gasteiger partial charge on any atom is 0.242 e. The summed E-state index contributed by atoms with van der Waals surface area (Å²) in [5.41, 5.74) is -0.351. The van der Waals surface area contributed by atoms with E-state index in [9.17, 15) is 9.59 Å². The van der Waals surface area contributed by atoms with Gasteiger partial charge in [0.25, 0.3) is 0 Å². The number of piperazine rings is 1. The molecular formula is C15H28N4O2. The van der Waals surface area contributed by atoms with Crippen LogP contribution in [0.5, 0.6) is 0 Å². The van der Waals surface area contributed by atoms with Crippen LogP contribution in [0, 0.1) is 0 Å². The molecule has 21 heavy (non-hydrogen) atoms. The Labute approximate surface area is 127 Å². The molecule has 0 saturated carbocycles. The number of nitrogens with zero attached hydrogens (tertiary/aromatic N) is 3. The molecule has 0 aromatic rings. The van der Waals surface area contributed by atoms with Crippen molar-refractivity contribution in [1.82, 2.24) is 20.0 Å². The van der Waals surface area contributed by atoms with Crippen LogP contribution in [0.3, 0.4) is 0 Å². The molecule has 6 nitrogen and oxygen atoms in total. The van der Waals surface area contributed by atoms with Crippen LogP contribution in [-0.2, 0) is 9.59 Å². The van der Waals surface area contributed by atoms with E-state index in [1.54, 1.807) is 0 Å². The van der Waals surface area contributed by atoms with E-state index < -0.39 is 0 Å². The van der Waals surface area contributed by atoms with Crippen LogP contribution in [0.4, 0.5) is 0 Å². The number of hydrogen-bond donors (Lipinski definition) is 1. The molecule has 2 fully saturated rings. The minimum Gasteiger partial charge on any atom is -0.338 e. The molecule has 120 valence electrons. The van der Waals surface area contributed by atoms with Crippen molar-refractivity contribution < 1.29 is 9.59 Å². The summed E-state index contributed by atoms with van der Waals surface area (Å²) in [7, 11) is 3.79. The van der Waals surface area contributed by atoms with Gasteiger partial charge in [-0.2, -0.15) is 0 Å². The molecule has 0 aromatic heterocycles. The first-order valence-electron chi connectivity index (χ1n) is 7.95. The van der Waals surface area contributed by atoms with E-state index >= 15 is 0 Å². The lowest BCUT2D eigenvalue weighted by Gasteiger charge is -2.39. The summed E-state index contributed by atoms with van der Waals surface area (Å²) in [4.78, 5) is 30.5. The van der Waals surface area contributed by atoms with Crippen LogP contribution in [-0.4, -0.2) is 85.4 Å². The molecular weight excluding hydrogens is 268 g/mol. The van der Waals surface area contributed by atoms with Crippen molar-refractivity contribution in [2.45, 2.75) is 31.7 Å². The van der Waals surface area contributed by atoms with Gasteiger partial charge in [0.05, 0.1) is 12.1 Å². The van der Waals surface area contributed by atoms with Gasteiger partial charge in [0.1, 0.15) is 0 Å². The fraction of sp³-hybridized carbons (Fsp3) is 0.867. The highest BCUT2D eigenvalue weighted by Gasteiger charge is 2.42. The molecule has 2 heterocycles. The topological polar surface area (TPSA) is 55.9 Å². The van der Waals surface area contributed by atoms with Gasteiger partial charge in [-0.1, -0.05) is 6.92 Å². The summed E-state index contributed by atoms with van der Waals surface area (Å²) < 4.78 is 0. The third-order valence-electron chi connectivity index (χ3n) is 4.63. The number of hydrogen-bond acceptors (Lipinski definition) is 4. The van der Waals surface area contributed by atoms with Crippen LogP contribution in [0.2, 0.25) is 0 Å². The van der Waals surface area contributed by atoms with Crippen molar-refractivity contribution in [2.75, 3.05) is 53.4 Å². The zero-order valence-electron chi connectivity index (χ0n) is 13.5. The predicted octanol–water partition coefficient (Wildman–Crippen LogP) is -0.249. The van der Waals surface area contributed by atoms with Gasteiger partial charge in [-0.05, 0) is 39.9 Å². The Morgan fingerprint density at radius 3 is 2.24 bits per heavy atom. The Morgan fingerprint density at radius 2 is 1.76 bits per heavy atom. The highest BCUT2D eigenvalue weighted by atomic mass is 16.2. The molecule has 2 rings (SSSR count). The normalized spacial score (nSPS) is 26.5. The second-order valence-corrected chi connectivity index (χ2v) is 6.38. The lowest BCUT2D eigenvalue weighted by Crippen LogP contribution is -2.60. The zero-order valence-corrected chi connectivity index (χ0v) is 13.5. The molecule has 0 aromatic carbocycles. The molecule has 2 saturated heterocycles. The first-order valence-corrected chi connectivity index (χ1v) is 7.95. The Hall–Kier alpha value is -1.14. The van der Waals surface area contributed by atoms with Gasteiger partial charge >= 0.3 is 0 Å². The highest BCUT2D eigenvalue weighted by Crippen LogP contribution is 2.26. The summed E-state index contributed by atoms with van der Waals surface area (Å²) in [5.74, 6) is 0.374. The second-order valence-electron chi connectivity index (χ2n) is 6.38. The lowest BCUT2D eigenvalue weighted by atomic mass is 9.92. The number of rotatable bonds is 4. The van der Waals surface area contributed by atoms with Crippen molar-refractivity contribution in [1.29, 1.82) is 0 Å². The minimum absolute atomic E-state index is 0.149. The maximum atomic E-state index is 12.8. The molecule has 1 atom stereocenters. The van der Waals surface area contributed by atoms with Crippen molar-refractivity contribution in [3.63, 3.8) is 0 Å². The average molecular weight is 296 g/mol. The van der Waals surface area contributed by atoms with Gasteiger partial charge in [0.2, 0.25) is 11.8 Å². The van der Waals surface area contributed by atoms with Crippen LogP contribution < -0.4 is 5.32 Å². The number of amides is 2. The first-order chi connectivity index (χ1) is 9.98. The predicted molar refractivity (Wildman–Crippen MR) is 82.0 cm³/mol. The molecule has 0 bridgehead atoms. The number of likely N-dealkylation sites (N-methyl/N-ethyl adjacent to an activating group) is 1. The van der Waals surface area contributed by atoms with Gasteiger partial charge in [0.15, 0.2) is 0 Å². The summed E-state index contributed by atoms with van der Waals surface area (Å²) >= 11 is 0. The first kappa shape index (κ1) is 16.2. The van der Waals surface area contributed by atoms with E-state index in [2.05, 4.69) is 12.2 Å². The fourth-order valence-corrected chi connectivity index (χ4v) is 3.27. The molecule has 2 aliphatic rings. The maximum absolute atomic E-state index is 12.8. The third-order valence-corrected chi connectivity index (χ3v) is 4.63. The molecule has 2 aliphatic heterocycles. The van der Waals surface area contributed by atoms with Crippen LogP contribution in [0.15, 0.2) is 0 Å². The van der Waals surface area contributed by atoms with Crippen LogP contribution in [0.25, 0.3) is 0 Å². The van der Waals surface area contributed by atoms with Gasteiger partial charge in [-0.3, -0.25) is 9.59 Å². The molecule has 6 heteroatoms. The number of carbonyl (C=O) groups is 2. The molecule has 0 aliphatic carbocycles. The van der Waals surface area contributed by atoms with Crippen molar-refractivity contribution >= 4 is 11.8 Å². The average Bonchev–Trinajstić information content (AvgIpc) is 2.96. The third kappa shape index (κ3) is 3.55. The molecule has 2 amide bonds. The SMILES string of the molecule is CCC1(C(=O)N2CCN(C(=O)CN(C)C)CC2)CCCN1. The van der Waals surface area contributed by atoms with E-state index in [1.807, 2.05) is 28.8 Å². The smallest absolute Gasteiger partial charge is 0.242 e. The van der Waals surface area contributed by atoms with Crippen molar-refractivity contribution in [2.24, 2.45) is 0 Å². The summed E-state index contributed by atoms with van der Waals surface area (Å²) in [6, 6.07) is 0. The van der Waals surface area contributed by atoms with Gasteiger partial charge < -0.3 is 20.0 Å². The van der Waals surface area contributed by atoms with Gasteiger partial charge in [-0.25, -0.2) is 0 Å². The number of carbonyl (C=O) groups excluding carboxylic acids is 2. The Balaban J connectivity index is 1.89. The van der Waals surface area contributed by atoms with E-state index in [1.165, 1.54) is 0 Å². The lowest BCUT2D eigenvalue weighted by molar-refractivity contribution is -0.144. The molecule has 0 spiro atoms. The van der Waals surface area contributed by atoms with Gasteiger partial charge in [0, 0.05) is 26.2 Å². The van der Waals surface area contributed by atoms with Crippen LogP contribution >= 0.6 is 0 Å². The van der Waals surface area contributed by atoms with E-state index in [-0.39, 0.29) is 17.4 Å². The van der Waals surface area contributed by atoms with E-state index in [0.29, 0.717) is 32.7 Å². The Kier molecular flexibility index (Phi) is 5.22. The minimum atomic E-state index is -0.351.